The topological polar surface area (TPSA) is 18.5 Å². The van der Waals surface area contributed by atoms with E-state index in [1.165, 1.54) is 16.7 Å². The van der Waals surface area contributed by atoms with Crippen LogP contribution in [0, 0.1) is 0 Å². The molecular formula is C25H22O2. The van der Waals surface area contributed by atoms with Crippen molar-refractivity contribution in [3.8, 4) is 5.75 Å². The summed E-state index contributed by atoms with van der Waals surface area (Å²) >= 11 is 0. The van der Waals surface area contributed by atoms with Gasteiger partial charge in [-0.1, -0.05) is 60.7 Å². The van der Waals surface area contributed by atoms with Crippen LogP contribution >= 0.6 is 0 Å². The summed E-state index contributed by atoms with van der Waals surface area (Å²) in [5, 5.41) is 0. The maximum absolute atomic E-state index is 6.27. The highest BCUT2D eigenvalue weighted by molar-refractivity contribution is 5.93. The van der Waals surface area contributed by atoms with Crippen LogP contribution in [0.3, 0.4) is 0 Å². The van der Waals surface area contributed by atoms with Crippen molar-refractivity contribution >= 4 is 11.3 Å². The molecular weight excluding hydrogens is 332 g/mol. The van der Waals surface area contributed by atoms with Gasteiger partial charge in [0.1, 0.15) is 18.1 Å². The average molecular weight is 354 g/mol. The van der Waals surface area contributed by atoms with Crippen molar-refractivity contribution in [2.75, 3.05) is 7.11 Å². The predicted octanol–water partition coefficient (Wildman–Crippen LogP) is 6.06. The van der Waals surface area contributed by atoms with E-state index < -0.39 is 0 Å². The van der Waals surface area contributed by atoms with Crippen molar-refractivity contribution in [1.82, 2.24) is 0 Å². The Labute approximate surface area is 160 Å². The third kappa shape index (κ3) is 3.26. The summed E-state index contributed by atoms with van der Waals surface area (Å²) < 4.78 is 11.6. The molecule has 2 heteroatoms. The molecule has 0 bridgehead atoms. The van der Waals surface area contributed by atoms with Crippen LogP contribution in [0.25, 0.3) is 11.3 Å². The van der Waals surface area contributed by atoms with Gasteiger partial charge < -0.3 is 9.47 Å². The van der Waals surface area contributed by atoms with E-state index in [-0.39, 0.29) is 5.92 Å². The Morgan fingerprint density at radius 3 is 2.33 bits per heavy atom. The zero-order valence-electron chi connectivity index (χ0n) is 15.4. The van der Waals surface area contributed by atoms with E-state index in [0.717, 1.165) is 22.6 Å². The van der Waals surface area contributed by atoms with Crippen molar-refractivity contribution in [3.63, 3.8) is 0 Å². The quantitative estimate of drug-likeness (QED) is 0.518. The third-order valence-electron chi connectivity index (χ3n) is 4.98. The number of hydrogen-bond acceptors (Lipinski definition) is 2. The van der Waals surface area contributed by atoms with E-state index >= 15 is 0 Å². The highest BCUT2D eigenvalue weighted by Gasteiger charge is 2.27. The summed E-state index contributed by atoms with van der Waals surface area (Å²) in [7, 11) is 1.68. The Morgan fingerprint density at radius 2 is 1.63 bits per heavy atom. The van der Waals surface area contributed by atoms with Gasteiger partial charge in [-0.3, -0.25) is 0 Å². The Morgan fingerprint density at radius 1 is 0.926 bits per heavy atom. The van der Waals surface area contributed by atoms with Crippen LogP contribution in [0.5, 0.6) is 5.75 Å². The first-order valence-electron chi connectivity index (χ1n) is 9.09. The number of ether oxygens (including phenoxy) is 2. The van der Waals surface area contributed by atoms with E-state index in [1.807, 2.05) is 36.4 Å². The lowest BCUT2D eigenvalue weighted by molar-refractivity contribution is 0.259. The van der Waals surface area contributed by atoms with Crippen molar-refractivity contribution in [2.24, 2.45) is 0 Å². The maximum Gasteiger partial charge on any atom is 0.131 e. The van der Waals surface area contributed by atoms with E-state index in [4.69, 9.17) is 9.47 Å². The Bertz CT molecular complexity index is 969. The van der Waals surface area contributed by atoms with Crippen LogP contribution in [0.4, 0.5) is 0 Å². The largest absolute Gasteiger partial charge is 0.497 e. The molecule has 4 rings (SSSR count). The van der Waals surface area contributed by atoms with Crippen LogP contribution in [0.15, 0.2) is 91.5 Å². The van der Waals surface area contributed by atoms with Gasteiger partial charge in [0.25, 0.3) is 0 Å². The third-order valence-corrected chi connectivity index (χ3v) is 4.98. The second kappa shape index (κ2) is 7.55. The molecule has 3 aromatic rings. The van der Waals surface area contributed by atoms with Gasteiger partial charge in [-0.05, 0) is 41.0 Å². The van der Waals surface area contributed by atoms with Crippen LogP contribution in [-0.2, 0) is 11.3 Å². The number of fused-ring (bicyclic) bond motifs is 1. The highest BCUT2D eigenvalue weighted by atomic mass is 16.5. The van der Waals surface area contributed by atoms with Gasteiger partial charge in [0.05, 0.1) is 7.11 Å². The first kappa shape index (κ1) is 17.2. The molecule has 134 valence electrons. The molecule has 0 aliphatic carbocycles. The van der Waals surface area contributed by atoms with Gasteiger partial charge in [0.2, 0.25) is 0 Å². The standard InChI is InChI=1S/C25H22O2/c1-3-22(18-9-5-4-6-10-18)24-23-12-8-7-11-20(23)17-27-25(24)19-13-15-21(26-2)16-14-19/h3-16,22H,1,17H2,2H3. The summed E-state index contributed by atoms with van der Waals surface area (Å²) in [6.45, 7) is 4.70. The fourth-order valence-corrected chi connectivity index (χ4v) is 3.63. The van der Waals surface area contributed by atoms with E-state index in [1.54, 1.807) is 7.11 Å². The van der Waals surface area contributed by atoms with Crippen LogP contribution < -0.4 is 4.74 Å². The molecule has 27 heavy (non-hydrogen) atoms. The molecule has 1 unspecified atom stereocenters. The van der Waals surface area contributed by atoms with Gasteiger partial charge >= 0.3 is 0 Å². The summed E-state index contributed by atoms with van der Waals surface area (Å²) in [6.07, 6.45) is 2.00. The number of rotatable bonds is 5. The van der Waals surface area contributed by atoms with Crippen molar-refractivity contribution < 1.29 is 9.47 Å². The fourth-order valence-electron chi connectivity index (χ4n) is 3.63. The molecule has 1 aliphatic heterocycles. The van der Waals surface area contributed by atoms with E-state index in [9.17, 15) is 0 Å². The normalized spacial score (nSPS) is 14.1. The first-order valence-corrected chi connectivity index (χ1v) is 9.09. The molecule has 0 aromatic heterocycles. The summed E-state index contributed by atoms with van der Waals surface area (Å²) in [4.78, 5) is 0. The smallest absolute Gasteiger partial charge is 0.131 e. The van der Waals surface area contributed by atoms with Gasteiger partial charge in [-0.25, -0.2) is 0 Å². The Kier molecular flexibility index (Phi) is 4.80. The molecule has 1 heterocycles. The summed E-state index contributed by atoms with van der Waals surface area (Å²) in [6, 6.07) is 26.9. The van der Waals surface area contributed by atoms with Crippen molar-refractivity contribution in [3.05, 3.63) is 114 Å². The molecule has 0 spiro atoms. The molecule has 0 saturated carbocycles. The number of hydrogen-bond donors (Lipinski definition) is 0. The van der Waals surface area contributed by atoms with E-state index in [0.29, 0.717) is 6.61 Å². The first-order chi connectivity index (χ1) is 13.3. The monoisotopic (exact) mass is 354 g/mol. The maximum atomic E-state index is 6.27. The molecule has 3 aromatic carbocycles. The molecule has 0 fully saturated rings. The minimum atomic E-state index is 0.0461. The number of allylic oxidation sites excluding steroid dienone is 2. The summed E-state index contributed by atoms with van der Waals surface area (Å²) in [5.74, 6) is 1.79. The Hall–Kier alpha value is -3.26. The van der Waals surface area contributed by atoms with Crippen LogP contribution in [0.2, 0.25) is 0 Å². The van der Waals surface area contributed by atoms with Gasteiger partial charge in [-0.2, -0.15) is 0 Å². The lowest BCUT2D eigenvalue weighted by Crippen LogP contribution is -2.12. The zero-order chi connectivity index (χ0) is 18.6. The van der Waals surface area contributed by atoms with Crippen molar-refractivity contribution in [1.29, 1.82) is 0 Å². The van der Waals surface area contributed by atoms with Crippen LogP contribution in [-0.4, -0.2) is 7.11 Å². The van der Waals surface area contributed by atoms with Gasteiger partial charge in [-0.15, -0.1) is 6.58 Å². The summed E-state index contributed by atoms with van der Waals surface area (Å²) in [5.41, 5.74) is 5.83. The second-order valence-corrected chi connectivity index (χ2v) is 6.54. The average Bonchev–Trinajstić information content (AvgIpc) is 2.75. The zero-order valence-corrected chi connectivity index (χ0v) is 15.4. The second-order valence-electron chi connectivity index (χ2n) is 6.54. The minimum absolute atomic E-state index is 0.0461. The highest BCUT2D eigenvalue weighted by Crippen LogP contribution is 2.44. The minimum Gasteiger partial charge on any atom is -0.497 e. The van der Waals surface area contributed by atoms with E-state index in [2.05, 4.69) is 55.1 Å². The molecule has 0 saturated heterocycles. The fraction of sp³-hybridized carbons (Fsp3) is 0.120. The number of benzene rings is 3. The predicted molar refractivity (Wildman–Crippen MR) is 110 cm³/mol. The Balaban J connectivity index is 1.93. The molecule has 1 aliphatic rings. The molecule has 1 atom stereocenters. The number of methoxy groups -OCH3 is 1. The van der Waals surface area contributed by atoms with Gasteiger partial charge in [0.15, 0.2) is 0 Å². The van der Waals surface area contributed by atoms with Gasteiger partial charge in [0, 0.05) is 17.1 Å². The lowest BCUT2D eigenvalue weighted by Gasteiger charge is -2.29. The van der Waals surface area contributed by atoms with Crippen molar-refractivity contribution in [2.45, 2.75) is 12.5 Å². The lowest BCUT2D eigenvalue weighted by atomic mass is 9.82. The molecule has 0 amide bonds. The SMILES string of the molecule is C=CC(C1=C(c2ccc(OC)cc2)OCc2ccccc21)c1ccccc1. The molecule has 0 radical (unpaired) electrons. The molecule has 2 nitrogen and oxygen atoms in total. The molecule has 0 N–H and O–H groups in total. The van der Waals surface area contributed by atoms with Crippen LogP contribution in [0.1, 0.15) is 28.2 Å².